The molecule has 0 fully saturated rings. The minimum Gasteiger partial charge on any atom is -0.478 e. The van der Waals surface area contributed by atoms with Crippen molar-refractivity contribution in [2.45, 2.75) is 19.0 Å². The van der Waals surface area contributed by atoms with Crippen LogP contribution in [0.4, 0.5) is 8.78 Å². The zero-order valence-electron chi connectivity index (χ0n) is 9.32. The van der Waals surface area contributed by atoms with Gasteiger partial charge in [0.1, 0.15) is 0 Å². The highest BCUT2D eigenvalue weighted by atomic mass is 28.2. The lowest BCUT2D eigenvalue weighted by molar-refractivity contribution is 0.0683. The Kier molecular flexibility index (Phi) is 5.01. The van der Waals surface area contributed by atoms with Crippen LogP contribution in [0.5, 0.6) is 5.88 Å². The van der Waals surface area contributed by atoms with Crippen molar-refractivity contribution in [1.82, 2.24) is 4.98 Å². The van der Waals surface area contributed by atoms with Gasteiger partial charge in [-0.2, -0.15) is 0 Å². The highest BCUT2D eigenvalue weighted by Gasteiger charge is 2.19. The molecule has 0 radical (unpaired) electrons. The first-order valence-electron chi connectivity index (χ1n) is 5.20. The summed E-state index contributed by atoms with van der Waals surface area (Å²) in [6.45, 7) is 2.54. The van der Waals surface area contributed by atoms with Crippen molar-refractivity contribution in [3.05, 3.63) is 23.4 Å². The normalized spacial score (nSPS) is 11.3. The van der Waals surface area contributed by atoms with Crippen molar-refractivity contribution >= 4 is 15.5 Å². The molecule has 1 heterocycles. The summed E-state index contributed by atoms with van der Waals surface area (Å²) in [6, 6.07) is 1.91. The zero-order chi connectivity index (χ0) is 12.8. The van der Waals surface area contributed by atoms with E-state index in [-0.39, 0.29) is 15.4 Å². The van der Waals surface area contributed by atoms with Gasteiger partial charge in [-0.15, -0.1) is 0 Å². The van der Waals surface area contributed by atoms with E-state index in [9.17, 15) is 13.6 Å². The molecule has 0 aromatic carbocycles. The summed E-state index contributed by atoms with van der Waals surface area (Å²) in [5.74, 6) is -1.37. The number of nitrogens with zero attached hydrogens (tertiary/aromatic N) is 1. The maximum atomic E-state index is 12.6. The molecule has 7 heteroatoms. The van der Waals surface area contributed by atoms with Crippen LogP contribution in [-0.4, -0.2) is 32.2 Å². The highest BCUT2D eigenvalue weighted by Crippen LogP contribution is 2.25. The predicted molar refractivity (Wildman–Crippen MR) is 60.9 cm³/mol. The second-order valence-electron chi connectivity index (χ2n) is 3.42. The molecule has 0 atom stereocenters. The largest absolute Gasteiger partial charge is 0.478 e. The van der Waals surface area contributed by atoms with E-state index in [0.29, 0.717) is 6.61 Å². The van der Waals surface area contributed by atoms with E-state index in [1.54, 1.807) is 0 Å². The molecule has 1 rings (SSSR count). The van der Waals surface area contributed by atoms with Crippen LogP contribution in [0, 0.1) is 0 Å². The van der Waals surface area contributed by atoms with Crippen LogP contribution in [0.2, 0.25) is 12.6 Å². The van der Waals surface area contributed by atoms with Gasteiger partial charge < -0.3 is 9.84 Å². The molecule has 94 valence electrons. The summed E-state index contributed by atoms with van der Waals surface area (Å²) >= 11 is 0. The number of pyridine rings is 1. The van der Waals surface area contributed by atoms with E-state index in [1.807, 2.05) is 0 Å². The molecule has 0 aliphatic heterocycles. The van der Waals surface area contributed by atoms with E-state index < -0.39 is 23.5 Å². The fraction of sp³-hybridized carbons (Fsp3) is 0.400. The maximum Gasteiger partial charge on any atom is 0.337 e. The molecule has 0 amide bonds. The fourth-order valence-electron chi connectivity index (χ4n) is 1.21. The number of hydrogen-bond donors (Lipinski definition) is 1. The van der Waals surface area contributed by atoms with Crippen molar-refractivity contribution in [1.29, 1.82) is 0 Å². The van der Waals surface area contributed by atoms with Crippen molar-refractivity contribution in [2.75, 3.05) is 6.61 Å². The molecule has 1 aromatic rings. The third kappa shape index (κ3) is 3.77. The summed E-state index contributed by atoms with van der Waals surface area (Å²) in [5.41, 5.74) is -1.05. The molecule has 0 saturated carbocycles. The molecule has 17 heavy (non-hydrogen) atoms. The lowest BCUT2D eigenvalue weighted by Gasteiger charge is -2.08. The van der Waals surface area contributed by atoms with Crippen LogP contribution in [0.15, 0.2) is 12.3 Å². The van der Waals surface area contributed by atoms with Crippen molar-refractivity contribution in [3.8, 4) is 5.88 Å². The molecule has 0 unspecified atom stereocenters. The van der Waals surface area contributed by atoms with E-state index in [4.69, 9.17) is 9.84 Å². The molecular formula is C10H13F2NO3Si. The molecule has 1 aromatic heterocycles. The maximum absolute atomic E-state index is 12.6. The van der Waals surface area contributed by atoms with Crippen LogP contribution in [0.25, 0.3) is 0 Å². The molecule has 1 N–H and O–H groups in total. The van der Waals surface area contributed by atoms with Gasteiger partial charge >= 0.3 is 5.97 Å². The molecule has 0 aliphatic rings. The van der Waals surface area contributed by atoms with Crippen LogP contribution in [-0.2, 0) is 0 Å². The number of carboxylic acid groups (broad SMARTS) is 1. The summed E-state index contributed by atoms with van der Waals surface area (Å²) < 4.78 is 30.4. The number of rotatable bonds is 6. The Labute approximate surface area is 99.5 Å². The summed E-state index contributed by atoms with van der Waals surface area (Å²) in [6.07, 6.45) is -1.95. The Morgan fingerprint density at radius 1 is 1.65 bits per heavy atom. The molecule has 0 spiro atoms. The van der Waals surface area contributed by atoms with Crippen molar-refractivity contribution < 1.29 is 23.4 Å². The number of alkyl halides is 2. The second kappa shape index (κ2) is 6.29. The Bertz CT molecular complexity index is 401. The van der Waals surface area contributed by atoms with Gasteiger partial charge in [0.2, 0.25) is 5.88 Å². The van der Waals surface area contributed by atoms with Crippen LogP contribution in [0.3, 0.4) is 0 Å². The number of halogens is 2. The molecule has 0 bridgehead atoms. The van der Waals surface area contributed by atoms with E-state index >= 15 is 0 Å². The van der Waals surface area contributed by atoms with Crippen LogP contribution in [0.1, 0.15) is 22.3 Å². The SMILES string of the molecule is C[SiH2]CCOc1cc(C(F)F)c(C(=O)O)cn1. The third-order valence-corrected chi connectivity index (χ3v) is 3.12. The Morgan fingerprint density at radius 3 is 2.88 bits per heavy atom. The number of ether oxygens (including phenoxy) is 1. The molecule has 0 aliphatic carbocycles. The zero-order valence-corrected chi connectivity index (χ0v) is 10.7. The van der Waals surface area contributed by atoms with E-state index in [0.717, 1.165) is 18.3 Å². The van der Waals surface area contributed by atoms with Gasteiger partial charge in [-0.25, -0.2) is 18.6 Å². The van der Waals surface area contributed by atoms with Gasteiger partial charge in [-0.3, -0.25) is 0 Å². The average molecular weight is 261 g/mol. The average Bonchev–Trinajstić information content (AvgIpc) is 2.29. The van der Waals surface area contributed by atoms with E-state index in [2.05, 4.69) is 11.5 Å². The van der Waals surface area contributed by atoms with Gasteiger partial charge in [0.25, 0.3) is 6.43 Å². The minimum absolute atomic E-state index is 0.0488. The smallest absolute Gasteiger partial charge is 0.337 e. The number of carbonyl (C=O) groups is 1. The predicted octanol–water partition coefficient (Wildman–Crippen LogP) is 1.73. The number of aromatic nitrogens is 1. The van der Waals surface area contributed by atoms with Crippen LogP contribution < -0.4 is 4.74 Å². The first kappa shape index (κ1) is 13.6. The quantitative estimate of drug-likeness (QED) is 0.626. The van der Waals surface area contributed by atoms with Crippen molar-refractivity contribution in [2.24, 2.45) is 0 Å². The first-order chi connectivity index (χ1) is 8.06. The molecule has 0 saturated heterocycles. The fourth-order valence-corrected chi connectivity index (χ4v) is 1.64. The third-order valence-electron chi connectivity index (χ3n) is 2.12. The highest BCUT2D eigenvalue weighted by molar-refractivity contribution is 6.33. The summed E-state index contributed by atoms with van der Waals surface area (Å²) in [7, 11) is -0.143. The lowest BCUT2D eigenvalue weighted by Crippen LogP contribution is -2.06. The van der Waals surface area contributed by atoms with Crippen molar-refractivity contribution in [3.63, 3.8) is 0 Å². The van der Waals surface area contributed by atoms with E-state index in [1.165, 1.54) is 0 Å². The monoisotopic (exact) mass is 261 g/mol. The minimum atomic E-state index is -2.85. The van der Waals surface area contributed by atoms with Gasteiger partial charge in [-0.05, 0) is 6.04 Å². The Morgan fingerprint density at radius 2 is 2.35 bits per heavy atom. The van der Waals surface area contributed by atoms with Gasteiger partial charge in [-0.1, -0.05) is 6.55 Å². The topological polar surface area (TPSA) is 59.4 Å². The van der Waals surface area contributed by atoms with Gasteiger partial charge in [0, 0.05) is 27.3 Å². The lowest BCUT2D eigenvalue weighted by atomic mass is 10.1. The standard InChI is InChI=1S/C10H13F2NO3Si/c1-17-3-2-16-8-4-6(9(11)12)7(5-13-8)10(14)15/h4-5,9H,2-3,17H2,1H3,(H,14,15). The number of carboxylic acids is 1. The Hall–Kier alpha value is -1.50. The Balaban J connectivity index is 2.90. The van der Waals surface area contributed by atoms with Gasteiger partial charge in [0.15, 0.2) is 0 Å². The molecular weight excluding hydrogens is 248 g/mol. The summed E-state index contributed by atoms with van der Waals surface area (Å²) in [4.78, 5) is 14.4. The van der Waals surface area contributed by atoms with Crippen LogP contribution >= 0.6 is 0 Å². The summed E-state index contributed by atoms with van der Waals surface area (Å²) in [5, 5.41) is 8.71. The molecule has 4 nitrogen and oxygen atoms in total. The second-order valence-corrected chi connectivity index (χ2v) is 5.12. The number of aromatic carboxylic acids is 1. The number of hydrogen-bond acceptors (Lipinski definition) is 3. The first-order valence-corrected chi connectivity index (χ1v) is 7.61. The van der Waals surface area contributed by atoms with Gasteiger partial charge in [0.05, 0.1) is 12.2 Å².